The molecular formula is C15H21N3O. The minimum Gasteiger partial charge on any atom is -0.497 e. The van der Waals surface area contributed by atoms with Crippen LogP contribution in [0.5, 0.6) is 5.75 Å². The van der Waals surface area contributed by atoms with Gasteiger partial charge in [0, 0.05) is 18.4 Å². The molecule has 102 valence electrons. The molecule has 1 N–H and O–H groups in total. The van der Waals surface area contributed by atoms with Gasteiger partial charge in [0.1, 0.15) is 5.75 Å². The minimum absolute atomic E-state index is 0.871. The van der Waals surface area contributed by atoms with E-state index < -0.39 is 0 Å². The van der Waals surface area contributed by atoms with Gasteiger partial charge in [0.15, 0.2) is 0 Å². The fraction of sp³-hybridized carbons (Fsp3) is 0.400. The van der Waals surface area contributed by atoms with Crippen LogP contribution in [-0.4, -0.2) is 16.7 Å². The fourth-order valence-electron chi connectivity index (χ4n) is 2.08. The first-order valence-electron chi connectivity index (χ1n) is 6.59. The predicted molar refractivity (Wildman–Crippen MR) is 78.3 cm³/mol. The van der Waals surface area contributed by atoms with Crippen LogP contribution in [0.1, 0.15) is 24.6 Å². The summed E-state index contributed by atoms with van der Waals surface area (Å²) in [7, 11) is 1.68. The summed E-state index contributed by atoms with van der Waals surface area (Å²) in [6.07, 6.45) is 3.16. The van der Waals surface area contributed by atoms with Crippen LogP contribution in [0, 0.1) is 13.8 Å². The summed E-state index contributed by atoms with van der Waals surface area (Å²) in [6, 6.07) is 5.99. The summed E-state index contributed by atoms with van der Waals surface area (Å²) in [6.45, 7) is 7.21. The number of nitrogens with zero attached hydrogens (tertiary/aromatic N) is 2. The second kappa shape index (κ2) is 5.78. The molecule has 0 atom stereocenters. The number of imidazole rings is 1. The number of nitrogens with one attached hydrogen (secondary N) is 1. The highest BCUT2D eigenvalue weighted by atomic mass is 16.5. The number of rotatable bonds is 5. The summed E-state index contributed by atoms with van der Waals surface area (Å²) < 4.78 is 7.37. The molecule has 0 aliphatic rings. The molecule has 0 bridgehead atoms. The van der Waals surface area contributed by atoms with Crippen LogP contribution < -0.4 is 10.1 Å². The highest BCUT2D eigenvalue weighted by Gasteiger charge is 2.07. The molecule has 0 aliphatic heterocycles. The normalized spacial score (nSPS) is 10.5. The summed E-state index contributed by atoms with van der Waals surface area (Å²) in [4.78, 5) is 4.53. The van der Waals surface area contributed by atoms with Gasteiger partial charge in [-0.2, -0.15) is 0 Å². The number of hydrogen-bond acceptors (Lipinski definition) is 3. The molecule has 0 saturated heterocycles. The lowest BCUT2D eigenvalue weighted by Gasteiger charge is -2.12. The van der Waals surface area contributed by atoms with Crippen molar-refractivity contribution >= 4 is 11.6 Å². The molecule has 1 aromatic carbocycles. The molecule has 0 amide bonds. The van der Waals surface area contributed by atoms with E-state index >= 15 is 0 Å². The second-order valence-electron chi connectivity index (χ2n) is 4.71. The van der Waals surface area contributed by atoms with Crippen molar-refractivity contribution < 1.29 is 4.74 Å². The van der Waals surface area contributed by atoms with Crippen LogP contribution in [0.15, 0.2) is 24.4 Å². The molecule has 0 aliphatic carbocycles. The lowest BCUT2D eigenvalue weighted by atomic mass is 10.2. The van der Waals surface area contributed by atoms with Crippen molar-refractivity contribution in [2.24, 2.45) is 0 Å². The summed E-state index contributed by atoms with van der Waals surface area (Å²) >= 11 is 0. The highest BCUT2D eigenvalue weighted by molar-refractivity contribution is 5.60. The van der Waals surface area contributed by atoms with Gasteiger partial charge in [0.2, 0.25) is 5.95 Å². The number of aryl methyl sites for hydroxylation is 3. The molecule has 1 heterocycles. The largest absolute Gasteiger partial charge is 0.497 e. The smallest absolute Gasteiger partial charge is 0.207 e. The van der Waals surface area contributed by atoms with Gasteiger partial charge in [0.25, 0.3) is 0 Å². The van der Waals surface area contributed by atoms with Gasteiger partial charge < -0.3 is 14.6 Å². The predicted octanol–water partition coefficient (Wildman–Crippen LogP) is 3.66. The first-order chi connectivity index (χ1) is 9.13. The number of anilines is 2. The number of aromatic nitrogens is 2. The van der Waals surface area contributed by atoms with E-state index in [2.05, 4.69) is 34.9 Å². The Morgan fingerprint density at radius 2 is 2.11 bits per heavy atom. The molecule has 4 heteroatoms. The van der Waals surface area contributed by atoms with E-state index in [0.717, 1.165) is 41.6 Å². The van der Waals surface area contributed by atoms with E-state index in [0.29, 0.717) is 0 Å². The topological polar surface area (TPSA) is 39.1 Å². The Hall–Kier alpha value is -1.97. The van der Waals surface area contributed by atoms with Gasteiger partial charge in [-0.25, -0.2) is 4.98 Å². The Morgan fingerprint density at radius 3 is 2.74 bits per heavy atom. The monoisotopic (exact) mass is 259 g/mol. The van der Waals surface area contributed by atoms with Gasteiger partial charge >= 0.3 is 0 Å². The van der Waals surface area contributed by atoms with Crippen LogP contribution in [0.2, 0.25) is 0 Å². The molecule has 0 unspecified atom stereocenters. The lowest BCUT2D eigenvalue weighted by Crippen LogP contribution is -2.03. The van der Waals surface area contributed by atoms with Crippen molar-refractivity contribution in [1.29, 1.82) is 0 Å². The summed E-state index contributed by atoms with van der Waals surface area (Å²) in [5, 5.41) is 3.39. The van der Waals surface area contributed by atoms with Gasteiger partial charge in [-0.3, -0.25) is 0 Å². The van der Waals surface area contributed by atoms with E-state index in [1.807, 2.05) is 25.1 Å². The summed E-state index contributed by atoms with van der Waals surface area (Å²) in [5.74, 6) is 1.77. The van der Waals surface area contributed by atoms with Crippen molar-refractivity contribution in [3.8, 4) is 5.75 Å². The highest BCUT2D eigenvalue weighted by Crippen LogP contribution is 2.24. The second-order valence-corrected chi connectivity index (χ2v) is 4.71. The molecular weight excluding hydrogens is 238 g/mol. The Kier molecular flexibility index (Phi) is 4.10. The molecule has 0 saturated carbocycles. The molecule has 2 rings (SSSR count). The van der Waals surface area contributed by atoms with Crippen molar-refractivity contribution in [2.75, 3.05) is 12.4 Å². The Labute approximate surface area is 114 Å². The first-order valence-corrected chi connectivity index (χ1v) is 6.59. The number of ether oxygens (including phenoxy) is 1. The van der Waals surface area contributed by atoms with Crippen LogP contribution in [0.25, 0.3) is 0 Å². The summed E-state index contributed by atoms with van der Waals surface area (Å²) in [5.41, 5.74) is 3.23. The lowest BCUT2D eigenvalue weighted by molar-refractivity contribution is 0.414. The van der Waals surface area contributed by atoms with Gasteiger partial charge in [0.05, 0.1) is 12.8 Å². The quantitative estimate of drug-likeness (QED) is 0.890. The molecule has 0 spiro atoms. The average Bonchev–Trinajstić information content (AvgIpc) is 2.72. The molecule has 2 aromatic rings. The third-order valence-corrected chi connectivity index (χ3v) is 3.04. The van der Waals surface area contributed by atoms with Crippen LogP contribution in [-0.2, 0) is 6.54 Å². The van der Waals surface area contributed by atoms with Gasteiger partial charge in [-0.05, 0) is 44.0 Å². The van der Waals surface area contributed by atoms with Crippen LogP contribution >= 0.6 is 0 Å². The van der Waals surface area contributed by atoms with E-state index in [1.54, 1.807) is 7.11 Å². The third kappa shape index (κ3) is 3.08. The number of hydrogen-bond donors (Lipinski definition) is 1. The Bertz CT molecular complexity index is 561. The maximum absolute atomic E-state index is 5.22. The zero-order chi connectivity index (χ0) is 13.8. The maximum atomic E-state index is 5.22. The minimum atomic E-state index is 0.871. The molecule has 0 radical (unpaired) electrons. The molecule has 4 nitrogen and oxygen atoms in total. The van der Waals surface area contributed by atoms with Crippen LogP contribution in [0.4, 0.5) is 11.6 Å². The average molecular weight is 259 g/mol. The molecule has 0 fully saturated rings. The van der Waals surface area contributed by atoms with Crippen molar-refractivity contribution in [2.45, 2.75) is 33.7 Å². The molecule has 1 aromatic heterocycles. The SMILES string of the molecule is CCCn1cc(C)nc1Nc1ccc(OC)cc1C. The van der Waals surface area contributed by atoms with E-state index in [9.17, 15) is 0 Å². The van der Waals surface area contributed by atoms with Gasteiger partial charge in [-0.1, -0.05) is 6.92 Å². The van der Waals surface area contributed by atoms with Crippen LogP contribution in [0.3, 0.4) is 0 Å². The van der Waals surface area contributed by atoms with E-state index in [1.165, 1.54) is 0 Å². The van der Waals surface area contributed by atoms with E-state index in [4.69, 9.17) is 4.74 Å². The molecule has 19 heavy (non-hydrogen) atoms. The van der Waals surface area contributed by atoms with Crippen molar-refractivity contribution in [3.63, 3.8) is 0 Å². The third-order valence-electron chi connectivity index (χ3n) is 3.04. The fourth-order valence-corrected chi connectivity index (χ4v) is 2.08. The maximum Gasteiger partial charge on any atom is 0.207 e. The Balaban J connectivity index is 2.25. The van der Waals surface area contributed by atoms with Crippen molar-refractivity contribution in [3.05, 3.63) is 35.7 Å². The number of benzene rings is 1. The zero-order valence-corrected chi connectivity index (χ0v) is 12.0. The number of methoxy groups -OCH3 is 1. The first kappa shape index (κ1) is 13.5. The van der Waals surface area contributed by atoms with Crippen molar-refractivity contribution in [1.82, 2.24) is 9.55 Å². The van der Waals surface area contributed by atoms with Gasteiger partial charge in [-0.15, -0.1) is 0 Å². The zero-order valence-electron chi connectivity index (χ0n) is 12.0. The Morgan fingerprint density at radius 1 is 1.32 bits per heavy atom. The standard InChI is InChI=1S/C15H21N3O/c1-5-8-18-10-12(3)16-15(18)17-14-7-6-13(19-4)9-11(14)2/h6-7,9-10H,5,8H2,1-4H3,(H,16,17). The van der Waals surface area contributed by atoms with E-state index in [-0.39, 0.29) is 0 Å².